The van der Waals surface area contributed by atoms with E-state index in [1.54, 1.807) is 31.2 Å². The van der Waals surface area contributed by atoms with Gasteiger partial charge in [0.15, 0.2) is 0 Å². The lowest BCUT2D eigenvalue weighted by Crippen LogP contribution is -2.55. The quantitative estimate of drug-likeness (QED) is 0.695. The van der Waals surface area contributed by atoms with Crippen molar-refractivity contribution in [2.45, 2.75) is 25.8 Å². The molecule has 8 heteroatoms. The Balaban J connectivity index is 2.59. The summed E-state index contributed by atoms with van der Waals surface area (Å²) >= 11 is 6.03. The van der Waals surface area contributed by atoms with E-state index in [9.17, 15) is 14.4 Å². The molecule has 1 aliphatic rings. The molecule has 4 N–H and O–H groups in total. The first kappa shape index (κ1) is 17.8. The minimum Gasteiger partial charge on any atom is -0.463 e. The molecule has 1 heterocycles. The Morgan fingerprint density at radius 2 is 2.12 bits per heavy atom. The number of nitrogens with one attached hydrogen (secondary N) is 2. The molecule has 0 fully saturated rings. The average molecular weight is 352 g/mol. The van der Waals surface area contributed by atoms with E-state index in [4.69, 9.17) is 22.1 Å². The second-order valence-corrected chi connectivity index (χ2v) is 5.68. The van der Waals surface area contributed by atoms with Crippen LogP contribution in [-0.4, -0.2) is 30.4 Å². The summed E-state index contributed by atoms with van der Waals surface area (Å²) in [6, 6.07) is 5.67. The standard InChI is InChI=1S/C16H18ClN3O4/c1-3-24-16(23)12-11(9-5-4-6-10(17)7-9)13(19-8(2)21)15(22)20-14(12)18/h4-7,11,13H,3,18H2,1-2H3,(H,19,21)(H,20,22). The van der Waals surface area contributed by atoms with Gasteiger partial charge in [-0.1, -0.05) is 23.7 Å². The van der Waals surface area contributed by atoms with E-state index >= 15 is 0 Å². The van der Waals surface area contributed by atoms with Crippen molar-refractivity contribution in [2.75, 3.05) is 6.61 Å². The van der Waals surface area contributed by atoms with Crippen molar-refractivity contribution in [1.29, 1.82) is 0 Å². The average Bonchev–Trinajstić information content (AvgIpc) is 2.49. The first-order valence-corrected chi connectivity index (χ1v) is 7.73. The van der Waals surface area contributed by atoms with Gasteiger partial charge in [0.05, 0.1) is 12.2 Å². The SMILES string of the molecule is CCOC(=O)C1=C(N)NC(=O)C(NC(C)=O)C1c1cccc(Cl)c1. The van der Waals surface area contributed by atoms with E-state index in [1.807, 2.05) is 0 Å². The number of hydrogen-bond donors (Lipinski definition) is 3. The van der Waals surface area contributed by atoms with Gasteiger partial charge >= 0.3 is 5.97 Å². The fraction of sp³-hybridized carbons (Fsp3) is 0.312. The summed E-state index contributed by atoms with van der Waals surface area (Å²) < 4.78 is 5.05. The van der Waals surface area contributed by atoms with Crippen LogP contribution >= 0.6 is 11.6 Å². The number of amides is 2. The van der Waals surface area contributed by atoms with Crippen LogP contribution < -0.4 is 16.4 Å². The maximum Gasteiger partial charge on any atom is 0.338 e. The van der Waals surface area contributed by atoms with Crippen LogP contribution in [0.25, 0.3) is 0 Å². The van der Waals surface area contributed by atoms with E-state index in [0.29, 0.717) is 10.6 Å². The molecule has 0 radical (unpaired) electrons. The second-order valence-electron chi connectivity index (χ2n) is 5.25. The van der Waals surface area contributed by atoms with E-state index in [0.717, 1.165) is 0 Å². The van der Waals surface area contributed by atoms with Gasteiger partial charge in [-0.15, -0.1) is 0 Å². The summed E-state index contributed by atoms with van der Waals surface area (Å²) in [6.45, 7) is 3.10. The Kier molecular flexibility index (Phi) is 5.46. The summed E-state index contributed by atoms with van der Waals surface area (Å²) in [5.41, 5.74) is 6.51. The van der Waals surface area contributed by atoms with Gasteiger partial charge in [0.2, 0.25) is 11.8 Å². The molecule has 128 valence electrons. The predicted octanol–water partition coefficient (Wildman–Crippen LogP) is 0.792. The van der Waals surface area contributed by atoms with Gasteiger partial charge in [-0.25, -0.2) is 4.79 Å². The lowest BCUT2D eigenvalue weighted by atomic mass is 9.81. The Hall–Kier alpha value is -2.54. The number of nitrogens with two attached hydrogens (primary N) is 1. The number of ether oxygens (including phenoxy) is 1. The molecule has 1 aromatic rings. The smallest absolute Gasteiger partial charge is 0.338 e. The number of carbonyl (C=O) groups is 3. The molecule has 0 spiro atoms. The van der Waals surface area contributed by atoms with Crippen LogP contribution in [0.1, 0.15) is 25.3 Å². The van der Waals surface area contributed by atoms with Gasteiger partial charge in [-0.3, -0.25) is 9.59 Å². The minimum atomic E-state index is -1.01. The zero-order chi connectivity index (χ0) is 17.9. The highest BCUT2D eigenvalue weighted by Gasteiger charge is 2.42. The van der Waals surface area contributed by atoms with Gasteiger partial charge in [0.1, 0.15) is 11.9 Å². The number of rotatable bonds is 4. The minimum absolute atomic E-state index is 0.0810. The van der Waals surface area contributed by atoms with Crippen LogP contribution in [0.15, 0.2) is 35.7 Å². The third kappa shape index (κ3) is 3.68. The largest absolute Gasteiger partial charge is 0.463 e. The zero-order valence-electron chi connectivity index (χ0n) is 13.3. The van der Waals surface area contributed by atoms with Gasteiger partial charge in [-0.2, -0.15) is 0 Å². The van der Waals surface area contributed by atoms with Crippen LogP contribution in [0.2, 0.25) is 5.02 Å². The van der Waals surface area contributed by atoms with Crippen LogP contribution in [0.4, 0.5) is 0 Å². The molecule has 2 amide bonds. The van der Waals surface area contributed by atoms with Crippen molar-refractivity contribution in [2.24, 2.45) is 5.73 Å². The number of hydrogen-bond acceptors (Lipinski definition) is 5. The second kappa shape index (κ2) is 7.35. The van der Waals surface area contributed by atoms with Crippen LogP contribution in [-0.2, 0) is 19.1 Å². The highest BCUT2D eigenvalue weighted by molar-refractivity contribution is 6.30. The third-order valence-corrected chi connectivity index (χ3v) is 3.77. The molecule has 1 aromatic carbocycles. The van der Waals surface area contributed by atoms with Crippen molar-refractivity contribution in [3.8, 4) is 0 Å². The van der Waals surface area contributed by atoms with Crippen molar-refractivity contribution in [3.05, 3.63) is 46.2 Å². The number of halogens is 1. The summed E-state index contributed by atoms with van der Waals surface area (Å²) in [6.07, 6.45) is 0. The Morgan fingerprint density at radius 1 is 1.42 bits per heavy atom. The highest BCUT2D eigenvalue weighted by atomic mass is 35.5. The Labute approximate surface area is 144 Å². The van der Waals surface area contributed by atoms with Gasteiger partial charge < -0.3 is 21.1 Å². The molecular weight excluding hydrogens is 334 g/mol. The van der Waals surface area contributed by atoms with E-state index < -0.39 is 29.7 Å². The van der Waals surface area contributed by atoms with Crippen LogP contribution in [0.5, 0.6) is 0 Å². The van der Waals surface area contributed by atoms with Gasteiger partial charge in [0.25, 0.3) is 0 Å². The Bertz CT molecular complexity index is 717. The third-order valence-electron chi connectivity index (χ3n) is 3.54. The molecule has 0 aliphatic carbocycles. The van der Waals surface area contributed by atoms with Gasteiger partial charge in [-0.05, 0) is 24.6 Å². The lowest BCUT2D eigenvalue weighted by Gasteiger charge is -2.33. The number of carbonyl (C=O) groups excluding carboxylic acids is 3. The van der Waals surface area contributed by atoms with E-state index in [-0.39, 0.29) is 18.0 Å². The molecular formula is C16H18ClN3O4. The normalized spacial score (nSPS) is 20.4. The molecule has 0 saturated carbocycles. The monoisotopic (exact) mass is 351 g/mol. The van der Waals surface area contributed by atoms with Crippen molar-refractivity contribution < 1.29 is 19.1 Å². The fourth-order valence-electron chi connectivity index (χ4n) is 2.64. The molecule has 2 atom stereocenters. The van der Waals surface area contributed by atoms with Crippen molar-refractivity contribution in [3.63, 3.8) is 0 Å². The summed E-state index contributed by atoms with van der Waals surface area (Å²) in [4.78, 5) is 36.2. The Morgan fingerprint density at radius 3 is 2.71 bits per heavy atom. The van der Waals surface area contributed by atoms with Gasteiger partial charge in [0, 0.05) is 17.9 Å². The first-order chi connectivity index (χ1) is 11.3. The lowest BCUT2D eigenvalue weighted by molar-refractivity contribution is -0.139. The van der Waals surface area contributed by atoms with Crippen molar-refractivity contribution >= 4 is 29.4 Å². The maximum absolute atomic E-state index is 12.4. The predicted molar refractivity (Wildman–Crippen MR) is 87.8 cm³/mol. The summed E-state index contributed by atoms with van der Waals surface area (Å²) in [5.74, 6) is -2.48. The summed E-state index contributed by atoms with van der Waals surface area (Å²) in [7, 11) is 0. The summed E-state index contributed by atoms with van der Waals surface area (Å²) in [5, 5.41) is 5.40. The molecule has 0 bridgehead atoms. The van der Waals surface area contributed by atoms with E-state index in [1.165, 1.54) is 6.92 Å². The van der Waals surface area contributed by atoms with Crippen LogP contribution in [0, 0.1) is 0 Å². The number of benzene rings is 1. The highest BCUT2D eigenvalue weighted by Crippen LogP contribution is 2.34. The topological polar surface area (TPSA) is 111 Å². The molecule has 1 aliphatic heterocycles. The molecule has 0 aromatic heterocycles. The molecule has 2 unspecified atom stereocenters. The van der Waals surface area contributed by atoms with Crippen molar-refractivity contribution in [1.82, 2.24) is 10.6 Å². The van der Waals surface area contributed by atoms with E-state index in [2.05, 4.69) is 10.6 Å². The molecule has 24 heavy (non-hydrogen) atoms. The molecule has 7 nitrogen and oxygen atoms in total. The maximum atomic E-state index is 12.4. The molecule has 2 rings (SSSR count). The zero-order valence-corrected chi connectivity index (χ0v) is 14.0. The van der Waals surface area contributed by atoms with Crippen LogP contribution in [0.3, 0.4) is 0 Å². The molecule has 0 saturated heterocycles. The number of esters is 1. The fourth-order valence-corrected chi connectivity index (χ4v) is 2.83. The first-order valence-electron chi connectivity index (χ1n) is 7.35.